The van der Waals surface area contributed by atoms with Crippen molar-refractivity contribution in [3.05, 3.63) is 18.2 Å². The van der Waals surface area contributed by atoms with Gasteiger partial charge in [-0.25, -0.2) is 0 Å². The molecule has 1 aromatic rings. The lowest BCUT2D eigenvalue weighted by Gasteiger charge is -2.20. The molecule has 0 amide bonds. The van der Waals surface area contributed by atoms with E-state index in [0.29, 0.717) is 31.8 Å². The van der Waals surface area contributed by atoms with E-state index in [0.717, 1.165) is 36.5 Å². The number of Topliss-reactive ketones (excluding diaryl/α,β-unsaturated/α-hetero) is 2. The van der Waals surface area contributed by atoms with Crippen molar-refractivity contribution in [3.8, 4) is 17.2 Å². The summed E-state index contributed by atoms with van der Waals surface area (Å²) < 4.78 is 16.7. The lowest BCUT2D eigenvalue weighted by atomic mass is 9.85. The van der Waals surface area contributed by atoms with Gasteiger partial charge in [0.05, 0.1) is 12.5 Å². The van der Waals surface area contributed by atoms with Crippen molar-refractivity contribution in [2.75, 3.05) is 13.4 Å². The molecule has 2 rings (SSSR count). The van der Waals surface area contributed by atoms with Crippen LogP contribution in [0, 0.1) is 11.8 Å². The van der Waals surface area contributed by atoms with Crippen LogP contribution in [0.15, 0.2) is 18.2 Å². The van der Waals surface area contributed by atoms with E-state index in [1.54, 1.807) is 0 Å². The highest BCUT2D eigenvalue weighted by Crippen LogP contribution is 2.35. The molecule has 0 bridgehead atoms. The van der Waals surface area contributed by atoms with E-state index in [4.69, 9.17) is 14.2 Å². The predicted octanol–water partition coefficient (Wildman–Crippen LogP) is 5.74. The zero-order valence-electron chi connectivity index (χ0n) is 18.2. The van der Waals surface area contributed by atoms with Gasteiger partial charge in [0.25, 0.3) is 0 Å². The molecule has 0 radical (unpaired) electrons. The number of hydrogen-bond donors (Lipinski definition) is 0. The molecule has 1 atom stereocenters. The fourth-order valence-corrected chi connectivity index (χ4v) is 3.82. The summed E-state index contributed by atoms with van der Waals surface area (Å²) in [6.07, 6.45) is 8.05. The number of ketones is 2. The second-order valence-corrected chi connectivity index (χ2v) is 7.78. The molecule has 5 nitrogen and oxygen atoms in total. The third-order valence-electron chi connectivity index (χ3n) is 5.69. The van der Waals surface area contributed by atoms with E-state index >= 15 is 0 Å². The van der Waals surface area contributed by atoms with Crippen LogP contribution in [0.2, 0.25) is 0 Å². The number of fused-ring (bicyclic) bond motifs is 1. The van der Waals surface area contributed by atoms with Gasteiger partial charge in [-0.05, 0) is 37.3 Å². The van der Waals surface area contributed by atoms with Gasteiger partial charge in [-0.3, -0.25) is 9.59 Å². The topological polar surface area (TPSA) is 61.8 Å². The fraction of sp³-hybridized carbons (Fsp3) is 0.667. The molecule has 0 aromatic heterocycles. The van der Waals surface area contributed by atoms with Crippen LogP contribution in [0.3, 0.4) is 0 Å². The first-order valence-corrected chi connectivity index (χ1v) is 11.2. The lowest BCUT2D eigenvalue weighted by molar-refractivity contribution is -0.132. The Morgan fingerprint density at radius 2 is 1.66 bits per heavy atom. The Morgan fingerprint density at radius 1 is 0.931 bits per heavy atom. The molecule has 5 heteroatoms. The Kier molecular flexibility index (Phi) is 10.0. The summed E-state index contributed by atoms with van der Waals surface area (Å²) in [5.41, 5.74) is 0. The SMILES string of the molecule is CCCCCC(CCOc1ccc2c(c1)OCO2)CCC(C(=O)CC)C(=O)CC. The molecule has 1 heterocycles. The number of carbonyl (C=O) groups is 2. The number of rotatable bonds is 15. The molecule has 0 fully saturated rings. The molecule has 1 aliphatic rings. The normalized spacial score (nSPS) is 13.5. The smallest absolute Gasteiger partial charge is 0.231 e. The summed E-state index contributed by atoms with van der Waals surface area (Å²) in [6.45, 7) is 6.76. The van der Waals surface area contributed by atoms with Crippen molar-refractivity contribution in [1.29, 1.82) is 0 Å². The molecule has 1 aromatic carbocycles. The van der Waals surface area contributed by atoms with Crippen LogP contribution >= 0.6 is 0 Å². The van der Waals surface area contributed by atoms with Crippen LogP contribution in [0.4, 0.5) is 0 Å². The minimum atomic E-state index is -0.423. The highest BCUT2D eigenvalue weighted by atomic mass is 16.7. The summed E-state index contributed by atoms with van der Waals surface area (Å²) in [4.78, 5) is 24.4. The maximum absolute atomic E-state index is 12.2. The summed E-state index contributed by atoms with van der Waals surface area (Å²) in [5.74, 6) is 2.46. The number of unbranched alkanes of at least 4 members (excludes halogenated alkanes) is 2. The zero-order valence-corrected chi connectivity index (χ0v) is 18.2. The molecule has 1 aliphatic heterocycles. The van der Waals surface area contributed by atoms with Crippen molar-refractivity contribution in [3.63, 3.8) is 0 Å². The molecule has 0 saturated carbocycles. The van der Waals surface area contributed by atoms with E-state index in [-0.39, 0.29) is 18.4 Å². The Morgan fingerprint density at radius 3 is 2.34 bits per heavy atom. The first-order valence-electron chi connectivity index (χ1n) is 11.2. The fourth-order valence-electron chi connectivity index (χ4n) is 3.82. The Labute approximate surface area is 175 Å². The van der Waals surface area contributed by atoms with Crippen LogP contribution in [0.5, 0.6) is 17.2 Å². The minimum Gasteiger partial charge on any atom is -0.493 e. The molecule has 0 N–H and O–H groups in total. The van der Waals surface area contributed by atoms with E-state index in [9.17, 15) is 9.59 Å². The van der Waals surface area contributed by atoms with Gasteiger partial charge in [0, 0.05) is 18.9 Å². The number of ether oxygens (including phenoxy) is 3. The van der Waals surface area contributed by atoms with Crippen molar-refractivity contribution < 1.29 is 23.8 Å². The Bertz CT molecular complexity index is 639. The standard InChI is InChI=1S/C24H36O5/c1-4-7-8-9-18(10-12-20(21(25)5-2)22(26)6-3)14-15-27-19-11-13-23-24(16-19)29-17-28-23/h11,13,16,18,20H,4-10,12,14-15,17H2,1-3H3. The van der Waals surface area contributed by atoms with E-state index in [2.05, 4.69) is 6.92 Å². The average molecular weight is 405 g/mol. The van der Waals surface area contributed by atoms with Crippen LogP contribution in [-0.2, 0) is 9.59 Å². The monoisotopic (exact) mass is 404 g/mol. The molecule has 0 saturated heterocycles. The van der Waals surface area contributed by atoms with Crippen LogP contribution in [0.1, 0.15) is 78.6 Å². The molecule has 1 unspecified atom stereocenters. The van der Waals surface area contributed by atoms with Gasteiger partial charge in [0.2, 0.25) is 6.79 Å². The Balaban J connectivity index is 1.87. The van der Waals surface area contributed by atoms with Gasteiger partial charge in [0.15, 0.2) is 11.5 Å². The van der Waals surface area contributed by atoms with E-state index in [1.807, 2.05) is 32.0 Å². The molecule has 29 heavy (non-hydrogen) atoms. The van der Waals surface area contributed by atoms with Gasteiger partial charge in [-0.15, -0.1) is 0 Å². The molecular formula is C24H36O5. The van der Waals surface area contributed by atoms with Crippen molar-refractivity contribution >= 4 is 11.6 Å². The predicted molar refractivity (Wildman–Crippen MR) is 114 cm³/mol. The van der Waals surface area contributed by atoms with E-state index < -0.39 is 5.92 Å². The maximum atomic E-state index is 12.2. The lowest BCUT2D eigenvalue weighted by Crippen LogP contribution is -2.24. The van der Waals surface area contributed by atoms with Gasteiger partial charge in [-0.2, -0.15) is 0 Å². The highest BCUT2D eigenvalue weighted by Gasteiger charge is 2.24. The number of hydrogen-bond acceptors (Lipinski definition) is 5. The van der Waals surface area contributed by atoms with Gasteiger partial charge in [-0.1, -0.05) is 46.5 Å². The summed E-state index contributed by atoms with van der Waals surface area (Å²) in [7, 11) is 0. The van der Waals surface area contributed by atoms with Gasteiger partial charge in [0.1, 0.15) is 17.3 Å². The van der Waals surface area contributed by atoms with Gasteiger partial charge < -0.3 is 14.2 Å². The third kappa shape index (κ3) is 7.37. The van der Waals surface area contributed by atoms with E-state index in [1.165, 1.54) is 19.3 Å². The van der Waals surface area contributed by atoms with Crippen LogP contribution < -0.4 is 14.2 Å². The summed E-state index contributed by atoms with van der Waals surface area (Å²) in [6, 6.07) is 5.63. The second-order valence-electron chi connectivity index (χ2n) is 7.78. The maximum Gasteiger partial charge on any atom is 0.231 e. The van der Waals surface area contributed by atoms with Crippen LogP contribution in [0.25, 0.3) is 0 Å². The Hall–Kier alpha value is -2.04. The van der Waals surface area contributed by atoms with Crippen molar-refractivity contribution in [1.82, 2.24) is 0 Å². The largest absolute Gasteiger partial charge is 0.493 e. The van der Waals surface area contributed by atoms with Crippen LogP contribution in [-0.4, -0.2) is 25.0 Å². The summed E-state index contributed by atoms with van der Waals surface area (Å²) >= 11 is 0. The molecule has 162 valence electrons. The second kappa shape index (κ2) is 12.5. The van der Waals surface area contributed by atoms with Gasteiger partial charge >= 0.3 is 0 Å². The molecular weight excluding hydrogens is 368 g/mol. The van der Waals surface area contributed by atoms with Crippen molar-refractivity contribution in [2.45, 2.75) is 78.6 Å². The number of benzene rings is 1. The van der Waals surface area contributed by atoms with Crippen molar-refractivity contribution in [2.24, 2.45) is 11.8 Å². The molecule has 0 aliphatic carbocycles. The number of carbonyl (C=O) groups excluding carboxylic acids is 2. The molecule has 0 spiro atoms. The third-order valence-corrected chi connectivity index (χ3v) is 5.69. The first-order chi connectivity index (χ1) is 14.1. The minimum absolute atomic E-state index is 0.0840. The first kappa shape index (κ1) is 23.2. The average Bonchev–Trinajstić information content (AvgIpc) is 3.20. The zero-order chi connectivity index (χ0) is 21.1. The quantitative estimate of drug-likeness (QED) is 0.276. The summed E-state index contributed by atoms with van der Waals surface area (Å²) in [5, 5.41) is 0. The highest BCUT2D eigenvalue weighted by molar-refractivity contribution is 6.02.